The first kappa shape index (κ1) is 26.2. The third-order valence-corrected chi connectivity index (χ3v) is 5.84. The van der Waals surface area contributed by atoms with Crippen LogP contribution < -0.4 is 15.8 Å². The normalized spacial score (nSPS) is 14.4. The zero-order chi connectivity index (χ0) is 26.0. The van der Waals surface area contributed by atoms with Gasteiger partial charge in [-0.25, -0.2) is 0 Å². The van der Waals surface area contributed by atoms with Crippen molar-refractivity contribution in [3.63, 3.8) is 0 Å². The second-order valence-corrected chi connectivity index (χ2v) is 8.91. The number of nitrogens with one attached hydrogen (secondary N) is 2. The van der Waals surface area contributed by atoms with Crippen molar-refractivity contribution in [2.75, 3.05) is 31.8 Å². The lowest BCUT2D eigenvalue weighted by Gasteiger charge is -2.25. The number of carbonyl (C=O) groups is 1. The molecule has 0 saturated carbocycles. The summed E-state index contributed by atoms with van der Waals surface area (Å²) in [4.78, 5) is 23.3. The molecule has 0 aliphatic carbocycles. The average molecular weight is 504 g/mol. The van der Waals surface area contributed by atoms with Crippen LogP contribution in [0.4, 0.5) is 5.69 Å². The van der Waals surface area contributed by atoms with Gasteiger partial charge in [-0.2, -0.15) is 0 Å². The van der Waals surface area contributed by atoms with Crippen molar-refractivity contribution in [1.29, 1.82) is 0 Å². The van der Waals surface area contributed by atoms with Crippen LogP contribution in [-0.2, 0) is 24.3 Å². The van der Waals surface area contributed by atoms with Crippen molar-refractivity contribution >= 4 is 11.6 Å². The Labute approximate surface area is 216 Å². The number of nitrogens with zero attached hydrogens (tertiary/aromatic N) is 5. The van der Waals surface area contributed by atoms with Crippen molar-refractivity contribution in [3.05, 3.63) is 102 Å². The van der Waals surface area contributed by atoms with E-state index in [4.69, 9.17) is 5.11 Å². The highest BCUT2D eigenvalue weighted by Crippen LogP contribution is 2.22. The van der Waals surface area contributed by atoms with Gasteiger partial charge >= 0.3 is 0 Å². The van der Waals surface area contributed by atoms with E-state index in [2.05, 4.69) is 31.8 Å². The van der Waals surface area contributed by atoms with Gasteiger partial charge in [0.15, 0.2) is 0 Å². The molecule has 1 atom stereocenters. The summed E-state index contributed by atoms with van der Waals surface area (Å²) in [6.07, 6.45) is 4.92. The summed E-state index contributed by atoms with van der Waals surface area (Å²) in [5.74, 6) is -0.205. The van der Waals surface area contributed by atoms with Crippen LogP contribution in [0, 0.1) is 0 Å². The van der Waals surface area contributed by atoms with Crippen LogP contribution >= 0.6 is 0 Å². The molecule has 0 spiro atoms. The molecule has 0 bridgehead atoms. The second-order valence-electron chi connectivity index (χ2n) is 8.91. The molecular weight excluding hydrogens is 470 g/mol. The maximum Gasteiger partial charge on any atom is 0.224 e. The number of amides is 1. The number of hydrogen-bond acceptors (Lipinski definition) is 9. The predicted octanol–water partition coefficient (Wildman–Crippen LogP) is 1.20. The minimum absolute atomic E-state index is 0.0307. The van der Waals surface area contributed by atoms with E-state index < -0.39 is 6.10 Å². The summed E-state index contributed by atoms with van der Waals surface area (Å²) in [6.45, 7) is 1.69. The number of anilines is 1. The molecule has 1 aromatic carbocycles. The number of carbonyl (C=O) groups excluding carboxylic acids is 1. The lowest BCUT2D eigenvalue weighted by atomic mass is 10.1. The minimum atomic E-state index is -0.950. The molecule has 1 amide bonds. The Balaban J connectivity index is 1.40. The van der Waals surface area contributed by atoms with Crippen LogP contribution in [0.15, 0.2) is 85.0 Å². The van der Waals surface area contributed by atoms with Gasteiger partial charge in [-0.1, -0.05) is 24.3 Å². The summed E-state index contributed by atoms with van der Waals surface area (Å²) in [7, 11) is 1.94. The van der Waals surface area contributed by atoms with Crippen molar-refractivity contribution in [2.24, 2.45) is 0 Å². The topological polar surface area (TPSA) is 117 Å². The number of aliphatic hydroxyl groups is 2. The second kappa shape index (κ2) is 12.9. The van der Waals surface area contributed by atoms with E-state index in [1.807, 2.05) is 90.2 Å². The Bertz CT molecular complexity index is 1120. The summed E-state index contributed by atoms with van der Waals surface area (Å²) < 4.78 is 0. The van der Waals surface area contributed by atoms with Crippen LogP contribution in [0.2, 0.25) is 0 Å². The fourth-order valence-corrected chi connectivity index (χ4v) is 4.01. The Morgan fingerprint density at radius 2 is 1.65 bits per heavy atom. The van der Waals surface area contributed by atoms with Gasteiger partial charge in [0.25, 0.3) is 0 Å². The van der Waals surface area contributed by atoms with Gasteiger partial charge in [-0.05, 0) is 42.0 Å². The molecule has 1 aliphatic heterocycles. The molecular formula is C27H33N7O3. The van der Waals surface area contributed by atoms with E-state index >= 15 is 0 Å². The number of benzene rings is 1. The Hall–Kier alpha value is -3.83. The third kappa shape index (κ3) is 7.83. The summed E-state index contributed by atoms with van der Waals surface area (Å²) in [5.41, 5.74) is 8.24. The first-order valence-corrected chi connectivity index (χ1v) is 12.2. The Kier molecular flexibility index (Phi) is 9.17. The smallest absolute Gasteiger partial charge is 0.224 e. The number of rotatable bonds is 12. The van der Waals surface area contributed by atoms with E-state index in [0.717, 1.165) is 28.3 Å². The maximum atomic E-state index is 12.1. The van der Waals surface area contributed by atoms with Gasteiger partial charge in [0.2, 0.25) is 5.91 Å². The van der Waals surface area contributed by atoms with Gasteiger partial charge in [-0.15, -0.1) is 5.12 Å². The van der Waals surface area contributed by atoms with Gasteiger partial charge in [0.05, 0.1) is 41.9 Å². The fraction of sp³-hybridized carbons (Fsp3) is 0.296. The Morgan fingerprint density at radius 1 is 1.00 bits per heavy atom. The number of hydrazine groups is 2. The monoisotopic (exact) mass is 503 g/mol. The maximum absolute atomic E-state index is 12.1. The van der Waals surface area contributed by atoms with Crippen molar-refractivity contribution in [2.45, 2.75) is 25.6 Å². The number of aromatic nitrogens is 2. The largest absolute Gasteiger partial charge is 0.394 e. The van der Waals surface area contributed by atoms with Crippen LogP contribution in [0.5, 0.6) is 0 Å². The van der Waals surface area contributed by atoms with E-state index in [9.17, 15) is 9.90 Å². The SMILES string of the molecule is CN1NC(CN(Cc2ccccn2)Cc2ccccn2)=CN1c1ccc(CC(=O)NC[C@H](O)CO)cc1. The molecule has 4 rings (SSSR count). The van der Waals surface area contributed by atoms with Crippen molar-refractivity contribution in [1.82, 2.24) is 30.7 Å². The van der Waals surface area contributed by atoms with Crippen LogP contribution in [0.25, 0.3) is 0 Å². The molecule has 3 aromatic rings. The Morgan fingerprint density at radius 3 is 2.22 bits per heavy atom. The van der Waals surface area contributed by atoms with Crippen molar-refractivity contribution < 1.29 is 15.0 Å². The van der Waals surface area contributed by atoms with Crippen molar-refractivity contribution in [3.8, 4) is 0 Å². The molecule has 194 valence electrons. The third-order valence-electron chi connectivity index (χ3n) is 5.84. The van der Waals surface area contributed by atoms with Crippen LogP contribution in [-0.4, -0.2) is 69.0 Å². The predicted molar refractivity (Wildman–Crippen MR) is 140 cm³/mol. The quantitative estimate of drug-likeness (QED) is 0.289. The number of hydrogen-bond donors (Lipinski definition) is 4. The van der Waals surface area contributed by atoms with Gasteiger partial charge < -0.3 is 21.0 Å². The van der Waals surface area contributed by atoms with Gasteiger partial charge in [-0.3, -0.25) is 24.7 Å². The number of pyridine rings is 2. The van der Waals surface area contributed by atoms with E-state index in [1.54, 1.807) is 0 Å². The molecule has 10 heteroatoms. The lowest BCUT2D eigenvalue weighted by molar-refractivity contribution is -0.121. The highest BCUT2D eigenvalue weighted by Gasteiger charge is 2.22. The summed E-state index contributed by atoms with van der Waals surface area (Å²) in [5, 5.41) is 24.8. The van der Waals surface area contributed by atoms with E-state index in [-0.39, 0.29) is 25.5 Å². The average Bonchev–Trinajstić information content (AvgIpc) is 3.28. The summed E-state index contributed by atoms with van der Waals surface area (Å²) >= 11 is 0. The molecule has 3 heterocycles. The fourth-order valence-electron chi connectivity index (χ4n) is 4.01. The lowest BCUT2D eigenvalue weighted by Crippen LogP contribution is -2.40. The van der Waals surface area contributed by atoms with Crippen LogP contribution in [0.1, 0.15) is 17.0 Å². The molecule has 10 nitrogen and oxygen atoms in total. The molecule has 0 radical (unpaired) electrons. The molecule has 4 N–H and O–H groups in total. The van der Waals surface area contributed by atoms with Gasteiger partial charge in [0, 0.05) is 51.8 Å². The van der Waals surface area contributed by atoms with E-state index in [1.165, 1.54) is 0 Å². The number of aliphatic hydroxyl groups excluding tert-OH is 2. The standard InChI is InChI=1S/C27H33N7O3/c1-32-31-24(18-33(16-22-6-2-4-12-28-22)17-23-7-3-5-13-29-23)19-34(32)25-10-8-21(9-11-25)14-27(37)30-15-26(36)20-35/h2-13,19,26,31,35-36H,14-18,20H2,1H3,(H,30,37)/t26-/m0/s1. The first-order valence-electron chi connectivity index (χ1n) is 12.2. The zero-order valence-corrected chi connectivity index (χ0v) is 20.9. The zero-order valence-electron chi connectivity index (χ0n) is 20.9. The highest BCUT2D eigenvalue weighted by atomic mass is 16.3. The first-order chi connectivity index (χ1) is 18.0. The molecule has 0 saturated heterocycles. The highest BCUT2D eigenvalue weighted by molar-refractivity contribution is 5.78. The molecule has 37 heavy (non-hydrogen) atoms. The molecule has 0 unspecified atom stereocenters. The minimum Gasteiger partial charge on any atom is -0.394 e. The summed E-state index contributed by atoms with van der Waals surface area (Å²) in [6, 6.07) is 19.6. The molecule has 2 aromatic heterocycles. The van der Waals surface area contributed by atoms with E-state index in [0.29, 0.717) is 19.6 Å². The molecule has 0 fully saturated rings. The van der Waals surface area contributed by atoms with Crippen LogP contribution in [0.3, 0.4) is 0 Å². The van der Waals surface area contributed by atoms with Gasteiger partial charge in [0.1, 0.15) is 0 Å². The molecule has 1 aliphatic rings.